The maximum Gasteiger partial charge on any atom is 0.339 e. The SMILES string of the molecule is CCOC(=O)C1=CSC(=Nc2ccccc2)C12N(C(=O)c1ccccc1)CCN2C(=O)c1ccccc1. The molecule has 0 aliphatic carbocycles. The minimum absolute atomic E-state index is 0.154. The second-order valence-electron chi connectivity index (χ2n) is 8.44. The summed E-state index contributed by atoms with van der Waals surface area (Å²) in [5.41, 5.74) is 0.200. The molecule has 1 saturated heterocycles. The standard InChI is InChI=1S/C29H25N3O4S/c1-2-36-27(35)24-20-37-28(30-23-16-10-5-11-17-23)29(24)31(25(33)21-12-6-3-7-13-21)18-19-32(29)26(34)22-14-8-4-9-15-22/h3-17,20H,2,18-19H2,1H3. The van der Waals surface area contributed by atoms with Crippen LogP contribution in [0.15, 0.2) is 107 Å². The van der Waals surface area contributed by atoms with Gasteiger partial charge in [-0.2, -0.15) is 0 Å². The Morgan fingerprint density at radius 3 is 1.78 bits per heavy atom. The topological polar surface area (TPSA) is 79.3 Å². The predicted octanol–water partition coefficient (Wildman–Crippen LogP) is 4.91. The van der Waals surface area contributed by atoms with E-state index in [1.54, 1.807) is 70.7 Å². The van der Waals surface area contributed by atoms with E-state index in [4.69, 9.17) is 9.73 Å². The van der Waals surface area contributed by atoms with Crippen LogP contribution in [0.2, 0.25) is 0 Å². The van der Waals surface area contributed by atoms with Crippen molar-refractivity contribution in [1.82, 2.24) is 9.80 Å². The molecule has 186 valence electrons. The molecule has 2 heterocycles. The molecule has 2 amide bonds. The molecule has 0 unspecified atom stereocenters. The zero-order valence-electron chi connectivity index (χ0n) is 20.2. The van der Waals surface area contributed by atoms with Gasteiger partial charge in [-0.25, -0.2) is 9.79 Å². The first-order valence-electron chi connectivity index (χ1n) is 12.0. The normalized spacial score (nSPS) is 17.2. The summed E-state index contributed by atoms with van der Waals surface area (Å²) in [6, 6.07) is 27.0. The highest BCUT2D eigenvalue weighted by molar-refractivity contribution is 8.17. The van der Waals surface area contributed by atoms with Gasteiger partial charge in [0, 0.05) is 24.2 Å². The molecule has 1 spiro atoms. The zero-order chi connectivity index (χ0) is 25.8. The average Bonchev–Trinajstić information content (AvgIpc) is 3.51. The minimum Gasteiger partial charge on any atom is -0.462 e. The molecule has 2 aliphatic rings. The van der Waals surface area contributed by atoms with Crippen LogP contribution >= 0.6 is 11.8 Å². The molecule has 0 aromatic heterocycles. The lowest BCUT2D eigenvalue weighted by Gasteiger charge is -2.41. The maximum atomic E-state index is 14.0. The third-order valence-corrected chi connectivity index (χ3v) is 7.26. The van der Waals surface area contributed by atoms with Crippen molar-refractivity contribution in [3.05, 3.63) is 113 Å². The molecule has 3 aromatic rings. The number of carbonyl (C=O) groups is 3. The first-order valence-corrected chi connectivity index (χ1v) is 12.9. The summed E-state index contributed by atoms with van der Waals surface area (Å²) in [6.07, 6.45) is 0. The van der Waals surface area contributed by atoms with Crippen LogP contribution in [0.5, 0.6) is 0 Å². The summed E-state index contributed by atoms with van der Waals surface area (Å²) in [6.45, 7) is 2.32. The van der Waals surface area contributed by atoms with Gasteiger partial charge in [-0.05, 0) is 48.7 Å². The molecular formula is C29H25N3O4S. The highest BCUT2D eigenvalue weighted by Crippen LogP contribution is 2.47. The summed E-state index contributed by atoms with van der Waals surface area (Å²) < 4.78 is 5.43. The molecule has 0 N–H and O–H groups in total. The van der Waals surface area contributed by atoms with Crippen LogP contribution in [-0.2, 0) is 9.53 Å². The van der Waals surface area contributed by atoms with Crippen LogP contribution in [0.1, 0.15) is 27.6 Å². The molecule has 0 saturated carbocycles. The number of nitrogens with zero attached hydrogens (tertiary/aromatic N) is 3. The Morgan fingerprint density at radius 1 is 0.811 bits per heavy atom. The first kappa shape index (κ1) is 24.5. The van der Waals surface area contributed by atoms with E-state index in [1.165, 1.54) is 11.8 Å². The van der Waals surface area contributed by atoms with E-state index in [1.807, 2.05) is 42.5 Å². The van der Waals surface area contributed by atoms with E-state index in [2.05, 4.69) is 0 Å². The summed E-state index contributed by atoms with van der Waals surface area (Å²) in [4.78, 5) is 49.4. The van der Waals surface area contributed by atoms with Gasteiger partial charge < -0.3 is 14.5 Å². The van der Waals surface area contributed by atoms with E-state index in [-0.39, 0.29) is 37.1 Å². The molecule has 2 aliphatic heterocycles. The van der Waals surface area contributed by atoms with E-state index in [0.29, 0.717) is 21.9 Å². The van der Waals surface area contributed by atoms with Crippen molar-refractivity contribution in [2.75, 3.05) is 19.7 Å². The predicted molar refractivity (Wildman–Crippen MR) is 144 cm³/mol. The molecule has 7 nitrogen and oxygen atoms in total. The number of thioether (sulfide) groups is 1. The second kappa shape index (κ2) is 10.4. The van der Waals surface area contributed by atoms with Crippen LogP contribution in [0.3, 0.4) is 0 Å². The molecule has 1 fully saturated rings. The fourth-order valence-electron chi connectivity index (χ4n) is 4.68. The smallest absolute Gasteiger partial charge is 0.339 e. The Labute approximate surface area is 219 Å². The maximum absolute atomic E-state index is 14.0. The Bertz CT molecular complexity index is 1310. The van der Waals surface area contributed by atoms with E-state index >= 15 is 0 Å². The fraction of sp³-hybridized carbons (Fsp3) is 0.172. The Kier molecular flexibility index (Phi) is 6.92. The summed E-state index contributed by atoms with van der Waals surface area (Å²) in [5, 5.41) is 2.09. The molecule has 0 bridgehead atoms. The number of benzene rings is 3. The van der Waals surface area contributed by atoms with Gasteiger partial charge in [0.05, 0.1) is 17.9 Å². The van der Waals surface area contributed by atoms with Crippen LogP contribution in [0.4, 0.5) is 5.69 Å². The highest BCUT2D eigenvalue weighted by atomic mass is 32.2. The van der Waals surface area contributed by atoms with Crippen molar-refractivity contribution in [1.29, 1.82) is 0 Å². The number of ether oxygens (including phenoxy) is 1. The Hall–Kier alpha value is -4.17. The van der Waals surface area contributed by atoms with Gasteiger partial charge in [-0.1, -0.05) is 66.4 Å². The van der Waals surface area contributed by atoms with Crippen molar-refractivity contribution in [3.63, 3.8) is 0 Å². The van der Waals surface area contributed by atoms with E-state index < -0.39 is 11.6 Å². The number of para-hydroxylation sites is 1. The number of hydrogen-bond acceptors (Lipinski definition) is 6. The number of esters is 1. The Balaban J connectivity index is 1.73. The lowest BCUT2D eigenvalue weighted by Crippen LogP contribution is -2.62. The number of hydrogen-bond donors (Lipinski definition) is 0. The third-order valence-electron chi connectivity index (χ3n) is 6.30. The molecule has 3 aromatic carbocycles. The molecule has 0 atom stereocenters. The fourth-order valence-corrected chi connectivity index (χ4v) is 5.82. The molecule has 8 heteroatoms. The van der Waals surface area contributed by atoms with Crippen molar-refractivity contribution < 1.29 is 19.1 Å². The van der Waals surface area contributed by atoms with Crippen molar-refractivity contribution in [3.8, 4) is 0 Å². The van der Waals surface area contributed by atoms with Crippen LogP contribution in [0.25, 0.3) is 0 Å². The summed E-state index contributed by atoms with van der Waals surface area (Å²) in [5.74, 6) is -1.20. The van der Waals surface area contributed by atoms with Crippen molar-refractivity contribution in [2.45, 2.75) is 12.6 Å². The van der Waals surface area contributed by atoms with E-state index in [0.717, 1.165) is 0 Å². The highest BCUT2D eigenvalue weighted by Gasteiger charge is 2.62. The minimum atomic E-state index is -1.55. The van der Waals surface area contributed by atoms with Crippen LogP contribution in [-0.4, -0.2) is 58.0 Å². The van der Waals surface area contributed by atoms with Crippen molar-refractivity contribution >= 4 is 40.3 Å². The van der Waals surface area contributed by atoms with Gasteiger partial charge >= 0.3 is 5.97 Å². The quantitative estimate of drug-likeness (QED) is 0.455. The number of aliphatic imine (C=N–C) groups is 1. The van der Waals surface area contributed by atoms with Crippen molar-refractivity contribution in [2.24, 2.45) is 4.99 Å². The summed E-state index contributed by atoms with van der Waals surface area (Å²) in [7, 11) is 0. The average molecular weight is 512 g/mol. The molecular weight excluding hydrogens is 486 g/mol. The lowest BCUT2D eigenvalue weighted by molar-refractivity contribution is -0.139. The van der Waals surface area contributed by atoms with Crippen LogP contribution in [0, 0.1) is 0 Å². The first-order chi connectivity index (χ1) is 18.1. The lowest BCUT2D eigenvalue weighted by atomic mass is 9.97. The van der Waals surface area contributed by atoms with E-state index in [9.17, 15) is 14.4 Å². The third kappa shape index (κ3) is 4.34. The number of carbonyl (C=O) groups excluding carboxylic acids is 3. The zero-order valence-corrected chi connectivity index (χ0v) is 21.1. The molecule has 0 radical (unpaired) electrons. The van der Waals surface area contributed by atoms with Gasteiger partial charge in [0.25, 0.3) is 11.8 Å². The largest absolute Gasteiger partial charge is 0.462 e. The Morgan fingerprint density at radius 2 is 1.30 bits per heavy atom. The van der Waals surface area contributed by atoms with Crippen LogP contribution < -0.4 is 0 Å². The van der Waals surface area contributed by atoms with Gasteiger partial charge in [-0.3, -0.25) is 9.59 Å². The number of rotatable bonds is 5. The van der Waals surface area contributed by atoms with Gasteiger partial charge in [0.1, 0.15) is 5.04 Å². The second-order valence-corrected chi connectivity index (χ2v) is 9.30. The summed E-state index contributed by atoms with van der Waals surface area (Å²) >= 11 is 1.23. The number of amides is 2. The molecule has 37 heavy (non-hydrogen) atoms. The van der Waals surface area contributed by atoms with Gasteiger partial charge in [-0.15, -0.1) is 0 Å². The van der Waals surface area contributed by atoms with Gasteiger partial charge in [0.15, 0.2) is 0 Å². The molecule has 5 rings (SSSR count). The van der Waals surface area contributed by atoms with Gasteiger partial charge in [0.2, 0.25) is 5.66 Å². The monoisotopic (exact) mass is 511 g/mol.